The number of sulfonamides is 1. The van der Waals surface area contributed by atoms with Crippen molar-refractivity contribution in [2.24, 2.45) is 0 Å². The van der Waals surface area contributed by atoms with Crippen LogP contribution in [0.1, 0.15) is 17.8 Å². The fourth-order valence-electron chi connectivity index (χ4n) is 1.95. The number of morpholine rings is 1. The van der Waals surface area contributed by atoms with Crippen LogP contribution in [0.2, 0.25) is 0 Å². The van der Waals surface area contributed by atoms with E-state index in [0.29, 0.717) is 32.1 Å². The maximum absolute atomic E-state index is 11.0. The topological polar surface area (TPSA) is 100 Å². The second-order valence-corrected chi connectivity index (χ2v) is 6.44. The van der Waals surface area contributed by atoms with Crippen LogP contribution in [0.15, 0.2) is 0 Å². The quantitative estimate of drug-likeness (QED) is 0.724. The number of hydrogen-bond acceptors (Lipinski definition) is 6. The Morgan fingerprint density at radius 3 is 3.00 bits per heavy atom. The Morgan fingerprint density at radius 1 is 1.58 bits per heavy atom. The summed E-state index contributed by atoms with van der Waals surface area (Å²) < 4.78 is 30.1. The second kappa shape index (κ2) is 5.95. The fraction of sp³-hybridized carbons (Fsp3) is 0.800. The van der Waals surface area contributed by atoms with Crippen molar-refractivity contribution in [3.8, 4) is 0 Å². The predicted molar refractivity (Wildman–Crippen MR) is 69.1 cm³/mol. The molecule has 0 saturated carbocycles. The number of nitrogens with zero attached hydrogens (tertiary/aromatic N) is 3. The van der Waals surface area contributed by atoms with Crippen LogP contribution in [0.5, 0.6) is 0 Å². The third kappa shape index (κ3) is 4.53. The van der Waals surface area contributed by atoms with Crippen LogP contribution in [-0.4, -0.2) is 67.5 Å². The standard InChI is InChI=1S/C10H19N5O3S/c1-8-12-10(14-13-8)9-7-15(5-6-18-9)4-3-11-19(2,16)17/h9,11H,3-7H2,1-2H3,(H,12,13,14). The summed E-state index contributed by atoms with van der Waals surface area (Å²) >= 11 is 0. The Balaban J connectivity index is 1.84. The van der Waals surface area contributed by atoms with Gasteiger partial charge in [0.15, 0.2) is 5.82 Å². The molecule has 1 aliphatic rings. The van der Waals surface area contributed by atoms with E-state index in [1.54, 1.807) is 0 Å². The van der Waals surface area contributed by atoms with Gasteiger partial charge in [-0.25, -0.2) is 18.1 Å². The van der Waals surface area contributed by atoms with Crippen LogP contribution >= 0.6 is 0 Å². The van der Waals surface area contributed by atoms with Gasteiger partial charge in [-0.1, -0.05) is 0 Å². The number of H-pyrrole nitrogens is 1. The number of aryl methyl sites for hydroxylation is 1. The summed E-state index contributed by atoms with van der Waals surface area (Å²) in [5, 5.41) is 6.89. The predicted octanol–water partition coefficient (Wildman–Crippen LogP) is -0.964. The van der Waals surface area contributed by atoms with Gasteiger partial charge in [-0.2, -0.15) is 5.10 Å². The Labute approximate surface area is 112 Å². The largest absolute Gasteiger partial charge is 0.367 e. The Morgan fingerprint density at radius 2 is 2.37 bits per heavy atom. The van der Waals surface area contributed by atoms with Crippen LogP contribution in [-0.2, 0) is 14.8 Å². The van der Waals surface area contributed by atoms with Crippen molar-refractivity contribution in [2.75, 3.05) is 39.0 Å². The van der Waals surface area contributed by atoms with Gasteiger partial charge in [0.2, 0.25) is 10.0 Å². The van der Waals surface area contributed by atoms with Crippen molar-refractivity contribution in [1.29, 1.82) is 0 Å². The zero-order valence-electron chi connectivity index (χ0n) is 11.1. The number of rotatable bonds is 5. The molecule has 1 aromatic heterocycles. The zero-order valence-corrected chi connectivity index (χ0v) is 11.9. The molecule has 1 saturated heterocycles. The van der Waals surface area contributed by atoms with E-state index < -0.39 is 10.0 Å². The number of ether oxygens (including phenoxy) is 1. The minimum Gasteiger partial charge on any atom is -0.367 e. The highest BCUT2D eigenvalue weighted by Crippen LogP contribution is 2.18. The molecule has 9 heteroatoms. The molecule has 2 heterocycles. The average molecular weight is 289 g/mol. The summed E-state index contributed by atoms with van der Waals surface area (Å²) in [4.78, 5) is 6.40. The lowest BCUT2D eigenvalue weighted by Crippen LogP contribution is -2.42. The summed E-state index contributed by atoms with van der Waals surface area (Å²) in [5.41, 5.74) is 0. The lowest BCUT2D eigenvalue weighted by atomic mass is 10.2. The summed E-state index contributed by atoms with van der Waals surface area (Å²) in [6.07, 6.45) is 1.00. The Hall–Kier alpha value is -1.03. The average Bonchev–Trinajstić information content (AvgIpc) is 2.75. The molecule has 0 spiro atoms. The number of hydrogen-bond donors (Lipinski definition) is 2. The van der Waals surface area contributed by atoms with Gasteiger partial charge in [-0.05, 0) is 6.92 Å². The first-order chi connectivity index (χ1) is 8.94. The lowest BCUT2D eigenvalue weighted by Gasteiger charge is -2.31. The van der Waals surface area contributed by atoms with E-state index >= 15 is 0 Å². The molecule has 2 rings (SSSR count). The van der Waals surface area contributed by atoms with E-state index in [1.807, 2.05) is 6.92 Å². The maximum Gasteiger partial charge on any atom is 0.208 e. The first-order valence-electron chi connectivity index (χ1n) is 6.11. The second-order valence-electron chi connectivity index (χ2n) is 4.61. The molecule has 2 N–H and O–H groups in total. The SMILES string of the molecule is Cc1nc(C2CN(CCNS(C)(=O)=O)CCO2)n[nH]1. The number of aromatic amines is 1. The minimum absolute atomic E-state index is 0.156. The van der Waals surface area contributed by atoms with E-state index in [9.17, 15) is 8.42 Å². The van der Waals surface area contributed by atoms with Gasteiger partial charge in [-0.15, -0.1) is 0 Å². The van der Waals surface area contributed by atoms with Gasteiger partial charge >= 0.3 is 0 Å². The smallest absolute Gasteiger partial charge is 0.208 e. The zero-order chi connectivity index (χ0) is 13.9. The highest BCUT2D eigenvalue weighted by Gasteiger charge is 2.24. The van der Waals surface area contributed by atoms with Gasteiger partial charge in [0.1, 0.15) is 11.9 Å². The molecular weight excluding hydrogens is 270 g/mol. The molecule has 8 nitrogen and oxygen atoms in total. The number of nitrogens with one attached hydrogen (secondary N) is 2. The molecule has 1 aromatic rings. The van der Waals surface area contributed by atoms with Crippen molar-refractivity contribution >= 4 is 10.0 Å². The molecule has 0 aromatic carbocycles. The fourth-order valence-corrected chi connectivity index (χ4v) is 2.42. The van der Waals surface area contributed by atoms with Gasteiger partial charge < -0.3 is 4.74 Å². The number of aromatic nitrogens is 3. The van der Waals surface area contributed by atoms with Gasteiger partial charge in [0.25, 0.3) is 0 Å². The summed E-state index contributed by atoms with van der Waals surface area (Å²) in [7, 11) is -3.12. The molecule has 0 amide bonds. The molecular formula is C10H19N5O3S. The van der Waals surface area contributed by atoms with E-state index in [0.717, 1.165) is 18.6 Å². The van der Waals surface area contributed by atoms with E-state index in [2.05, 4.69) is 24.8 Å². The summed E-state index contributed by atoms with van der Waals surface area (Å²) in [6, 6.07) is 0. The lowest BCUT2D eigenvalue weighted by molar-refractivity contribution is -0.0333. The van der Waals surface area contributed by atoms with Crippen molar-refractivity contribution in [2.45, 2.75) is 13.0 Å². The van der Waals surface area contributed by atoms with Crippen LogP contribution < -0.4 is 4.72 Å². The Kier molecular flexibility index (Phi) is 4.50. The van der Waals surface area contributed by atoms with Gasteiger partial charge in [0.05, 0.1) is 12.9 Å². The van der Waals surface area contributed by atoms with Crippen molar-refractivity contribution in [3.63, 3.8) is 0 Å². The summed E-state index contributed by atoms with van der Waals surface area (Å²) in [5.74, 6) is 1.41. The first kappa shape index (κ1) is 14.4. The molecule has 0 bridgehead atoms. The van der Waals surface area contributed by atoms with Crippen LogP contribution in [0.3, 0.4) is 0 Å². The highest BCUT2D eigenvalue weighted by molar-refractivity contribution is 7.88. The normalized spacial score (nSPS) is 21.7. The minimum atomic E-state index is -3.12. The molecule has 1 fully saturated rings. The molecule has 1 unspecified atom stereocenters. The van der Waals surface area contributed by atoms with Crippen LogP contribution in [0.4, 0.5) is 0 Å². The van der Waals surface area contributed by atoms with Gasteiger partial charge in [-0.3, -0.25) is 10.00 Å². The third-order valence-corrected chi connectivity index (χ3v) is 3.57. The van der Waals surface area contributed by atoms with Gasteiger partial charge in [0, 0.05) is 26.2 Å². The van der Waals surface area contributed by atoms with E-state index in [4.69, 9.17) is 4.74 Å². The van der Waals surface area contributed by atoms with Crippen LogP contribution in [0, 0.1) is 6.92 Å². The molecule has 0 aliphatic carbocycles. The molecule has 1 atom stereocenters. The molecule has 0 radical (unpaired) electrons. The first-order valence-corrected chi connectivity index (χ1v) is 8.01. The third-order valence-electron chi connectivity index (χ3n) is 2.85. The monoisotopic (exact) mass is 289 g/mol. The van der Waals surface area contributed by atoms with E-state index in [-0.39, 0.29) is 6.10 Å². The van der Waals surface area contributed by atoms with Crippen molar-refractivity contribution in [1.82, 2.24) is 24.8 Å². The molecule has 19 heavy (non-hydrogen) atoms. The summed E-state index contributed by atoms with van der Waals surface area (Å²) in [6.45, 7) is 4.94. The Bertz CT molecular complexity index is 515. The highest BCUT2D eigenvalue weighted by atomic mass is 32.2. The molecule has 1 aliphatic heterocycles. The van der Waals surface area contributed by atoms with Crippen molar-refractivity contribution < 1.29 is 13.2 Å². The molecule has 108 valence electrons. The van der Waals surface area contributed by atoms with Crippen molar-refractivity contribution in [3.05, 3.63) is 11.6 Å². The van der Waals surface area contributed by atoms with Crippen LogP contribution in [0.25, 0.3) is 0 Å². The maximum atomic E-state index is 11.0. The van der Waals surface area contributed by atoms with E-state index in [1.165, 1.54) is 0 Å².